The molecule has 0 bridgehead atoms. The molecule has 1 aromatic heterocycles. The van der Waals surface area contributed by atoms with Crippen LogP contribution in [0.25, 0.3) is 0 Å². The van der Waals surface area contributed by atoms with Crippen LogP contribution in [0.1, 0.15) is 56.0 Å². The highest BCUT2D eigenvalue weighted by molar-refractivity contribution is 8.07. The molecule has 2 rings (SSSR count). The van der Waals surface area contributed by atoms with Gasteiger partial charge >= 0.3 is 0 Å². The van der Waals surface area contributed by atoms with Gasteiger partial charge in [-0.1, -0.05) is 27.7 Å². The summed E-state index contributed by atoms with van der Waals surface area (Å²) < 4.78 is 0. The maximum Gasteiger partial charge on any atom is 0.107 e. The van der Waals surface area contributed by atoms with E-state index >= 15 is 0 Å². The van der Waals surface area contributed by atoms with Crippen molar-refractivity contribution in [2.75, 3.05) is 5.75 Å². The van der Waals surface area contributed by atoms with Gasteiger partial charge in [0.15, 0.2) is 0 Å². The van der Waals surface area contributed by atoms with E-state index < -0.39 is 0 Å². The largest absolute Gasteiger partial charge is 0.245 e. The van der Waals surface area contributed by atoms with Gasteiger partial charge in [-0.3, -0.25) is 0 Å². The van der Waals surface area contributed by atoms with Crippen molar-refractivity contribution < 1.29 is 0 Å². The first kappa shape index (κ1) is 13.8. The Bertz CT molecular complexity index is 363. The summed E-state index contributed by atoms with van der Waals surface area (Å²) in [5.74, 6) is 1.83. The van der Waals surface area contributed by atoms with Crippen LogP contribution in [0.3, 0.4) is 0 Å². The molecule has 4 atom stereocenters. The Kier molecular flexibility index (Phi) is 4.84. The molecule has 0 spiro atoms. The van der Waals surface area contributed by atoms with E-state index in [2.05, 4.69) is 56.6 Å². The number of thioether (sulfide) groups is 2. The fourth-order valence-corrected chi connectivity index (χ4v) is 5.95. The number of thiazole rings is 1. The summed E-state index contributed by atoms with van der Waals surface area (Å²) >= 11 is 6.06. The van der Waals surface area contributed by atoms with Crippen LogP contribution in [0, 0.1) is 0 Å². The molecule has 0 N–H and O–H groups in total. The van der Waals surface area contributed by atoms with Crippen molar-refractivity contribution in [3.63, 3.8) is 0 Å². The van der Waals surface area contributed by atoms with Gasteiger partial charge in [-0.05, 0) is 12.3 Å². The van der Waals surface area contributed by atoms with Crippen molar-refractivity contribution >= 4 is 34.9 Å². The first-order valence-corrected chi connectivity index (χ1v) is 9.21. The summed E-state index contributed by atoms with van der Waals surface area (Å²) in [4.78, 5) is 4.85. The smallest absolute Gasteiger partial charge is 0.107 e. The SMILES string of the molecule is CCC(C)c1csc(C2CSC(C)C(C)S2)n1. The Morgan fingerprint density at radius 1 is 1.41 bits per heavy atom. The maximum atomic E-state index is 4.85. The fraction of sp³-hybridized carbons (Fsp3) is 0.769. The first-order chi connectivity index (χ1) is 8.11. The summed E-state index contributed by atoms with van der Waals surface area (Å²) in [6, 6.07) is 0. The summed E-state index contributed by atoms with van der Waals surface area (Å²) in [7, 11) is 0. The van der Waals surface area contributed by atoms with Crippen molar-refractivity contribution in [2.24, 2.45) is 0 Å². The maximum absolute atomic E-state index is 4.85. The molecule has 1 fully saturated rings. The van der Waals surface area contributed by atoms with Crippen LogP contribution >= 0.6 is 34.9 Å². The van der Waals surface area contributed by atoms with Gasteiger partial charge in [-0.2, -0.15) is 11.8 Å². The molecule has 17 heavy (non-hydrogen) atoms. The predicted molar refractivity (Wildman–Crippen MR) is 82.5 cm³/mol. The van der Waals surface area contributed by atoms with Crippen LogP contribution in [0.15, 0.2) is 5.38 Å². The van der Waals surface area contributed by atoms with E-state index in [0.29, 0.717) is 11.2 Å². The second-order valence-electron chi connectivity index (χ2n) is 4.79. The van der Waals surface area contributed by atoms with Gasteiger partial charge in [-0.15, -0.1) is 23.1 Å². The molecular formula is C13H21NS3. The molecule has 96 valence electrons. The zero-order chi connectivity index (χ0) is 12.4. The minimum Gasteiger partial charge on any atom is -0.245 e. The molecule has 1 aliphatic heterocycles. The quantitative estimate of drug-likeness (QED) is 0.780. The van der Waals surface area contributed by atoms with Crippen molar-refractivity contribution in [1.82, 2.24) is 4.98 Å². The Balaban J connectivity index is 2.05. The van der Waals surface area contributed by atoms with Gasteiger partial charge in [0, 0.05) is 21.6 Å². The van der Waals surface area contributed by atoms with Gasteiger partial charge in [0.25, 0.3) is 0 Å². The zero-order valence-electron chi connectivity index (χ0n) is 11.0. The van der Waals surface area contributed by atoms with Crippen LogP contribution in [0.4, 0.5) is 0 Å². The molecule has 1 aliphatic rings. The number of rotatable bonds is 3. The van der Waals surface area contributed by atoms with E-state index in [9.17, 15) is 0 Å². The summed E-state index contributed by atoms with van der Waals surface area (Å²) in [5.41, 5.74) is 1.30. The standard InChI is InChI=1S/C13H21NS3/c1-5-8(2)11-6-16-13(14-11)12-7-15-9(3)10(4)17-12/h6,8-10,12H,5,7H2,1-4H3. The van der Waals surface area contributed by atoms with Crippen LogP contribution in [0.5, 0.6) is 0 Å². The van der Waals surface area contributed by atoms with E-state index in [1.54, 1.807) is 0 Å². The van der Waals surface area contributed by atoms with Crippen LogP contribution in [-0.2, 0) is 0 Å². The van der Waals surface area contributed by atoms with E-state index in [1.807, 2.05) is 11.3 Å². The lowest BCUT2D eigenvalue weighted by atomic mass is 10.1. The first-order valence-electron chi connectivity index (χ1n) is 6.34. The molecular weight excluding hydrogens is 266 g/mol. The lowest BCUT2D eigenvalue weighted by molar-refractivity contribution is 0.709. The Hall–Kier alpha value is 0.330. The van der Waals surface area contributed by atoms with E-state index in [0.717, 1.165) is 10.5 Å². The van der Waals surface area contributed by atoms with Crippen molar-refractivity contribution in [3.05, 3.63) is 16.1 Å². The number of nitrogens with zero attached hydrogens (tertiary/aromatic N) is 1. The topological polar surface area (TPSA) is 12.9 Å². The number of hydrogen-bond donors (Lipinski definition) is 0. The average Bonchev–Trinajstić information content (AvgIpc) is 2.81. The molecule has 0 saturated carbocycles. The summed E-state index contributed by atoms with van der Waals surface area (Å²) in [6.45, 7) is 9.19. The highest BCUT2D eigenvalue weighted by Gasteiger charge is 2.28. The zero-order valence-corrected chi connectivity index (χ0v) is 13.4. The van der Waals surface area contributed by atoms with Gasteiger partial charge in [0.1, 0.15) is 5.01 Å². The molecule has 0 radical (unpaired) electrons. The fourth-order valence-electron chi connectivity index (χ4n) is 1.80. The lowest BCUT2D eigenvalue weighted by Crippen LogP contribution is -2.21. The van der Waals surface area contributed by atoms with Crippen LogP contribution < -0.4 is 0 Å². The number of hydrogen-bond acceptors (Lipinski definition) is 4. The predicted octanol–water partition coefficient (Wildman–Crippen LogP) is 4.95. The van der Waals surface area contributed by atoms with E-state index in [-0.39, 0.29) is 0 Å². The normalized spacial score (nSPS) is 31.4. The molecule has 4 heteroatoms. The van der Waals surface area contributed by atoms with E-state index in [1.165, 1.54) is 22.9 Å². The van der Waals surface area contributed by atoms with Crippen molar-refractivity contribution in [1.29, 1.82) is 0 Å². The van der Waals surface area contributed by atoms with Gasteiger partial charge in [0.05, 0.1) is 10.9 Å². The highest BCUT2D eigenvalue weighted by atomic mass is 32.2. The lowest BCUT2D eigenvalue weighted by Gasteiger charge is -2.30. The molecule has 1 nitrogen and oxygen atoms in total. The average molecular weight is 288 g/mol. The summed E-state index contributed by atoms with van der Waals surface area (Å²) in [6.07, 6.45) is 1.18. The van der Waals surface area contributed by atoms with Gasteiger partial charge in [-0.25, -0.2) is 4.98 Å². The highest BCUT2D eigenvalue weighted by Crippen LogP contribution is 2.45. The Labute approximate surface area is 117 Å². The molecule has 4 unspecified atom stereocenters. The molecule has 2 heterocycles. The van der Waals surface area contributed by atoms with Crippen LogP contribution in [-0.4, -0.2) is 21.2 Å². The Morgan fingerprint density at radius 2 is 2.18 bits per heavy atom. The van der Waals surface area contributed by atoms with Gasteiger partial charge in [0.2, 0.25) is 0 Å². The molecule has 0 amide bonds. The van der Waals surface area contributed by atoms with Crippen LogP contribution in [0.2, 0.25) is 0 Å². The minimum absolute atomic E-state index is 0.609. The molecule has 1 aromatic rings. The Morgan fingerprint density at radius 3 is 2.82 bits per heavy atom. The van der Waals surface area contributed by atoms with Crippen molar-refractivity contribution in [3.8, 4) is 0 Å². The minimum atomic E-state index is 0.609. The molecule has 0 aliphatic carbocycles. The van der Waals surface area contributed by atoms with Gasteiger partial charge < -0.3 is 0 Å². The monoisotopic (exact) mass is 287 g/mol. The second kappa shape index (κ2) is 5.98. The third-order valence-electron chi connectivity index (χ3n) is 3.48. The molecule has 0 aromatic carbocycles. The number of aromatic nitrogens is 1. The molecule has 1 saturated heterocycles. The third kappa shape index (κ3) is 3.21. The van der Waals surface area contributed by atoms with Crippen molar-refractivity contribution in [2.45, 2.75) is 55.8 Å². The second-order valence-corrected chi connectivity index (χ2v) is 8.67. The summed E-state index contributed by atoms with van der Waals surface area (Å²) in [5, 5.41) is 5.75. The third-order valence-corrected chi connectivity index (χ3v) is 8.01. The van der Waals surface area contributed by atoms with E-state index in [4.69, 9.17) is 4.98 Å².